The number of fused-ring (bicyclic) bond motifs is 1. The fourth-order valence-corrected chi connectivity index (χ4v) is 1.21. The fraction of sp³-hybridized carbons (Fsp3) is 0.250. The van der Waals surface area contributed by atoms with E-state index in [0.29, 0.717) is 17.3 Å². The van der Waals surface area contributed by atoms with Crippen LogP contribution in [-0.2, 0) is 11.2 Å². The van der Waals surface area contributed by atoms with Crippen LogP contribution in [0.1, 0.15) is 5.82 Å². The molecule has 7 nitrogen and oxygen atoms in total. The van der Waals surface area contributed by atoms with Gasteiger partial charge in [-0.3, -0.25) is 4.79 Å². The number of hydrogen-bond donors (Lipinski definition) is 2. The molecular formula is C8H9N5O2. The number of anilines is 1. The number of aromatic nitrogens is 4. The fourth-order valence-electron chi connectivity index (χ4n) is 1.21. The maximum absolute atomic E-state index is 10.5. The predicted molar refractivity (Wildman–Crippen MR) is 51.7 cm³/mol. The number of rotatable bonds is 3. The van der Waals surface area contributed by atoms with Gasteiger partial charge in [0.1, 0.15) is 12.2 Å². The molecule has 0 amide bonds. The molecule has 0 saturated carbocycles. The summed E-state index contributed by atoms with van der Waals surface area (Å²) in [6, 6.07) is 3.46. The van der Waals surface area contributed by atoms with Crippen LogP contribution in [0.2, 0.25) is 0 Å². The van der Waals surface area contributed by atoms with Crippen molar-refractivity contribution in [2.45, 2.75) is 6.42 Å². The van der Waals surface area contributed by atoms with Gasteiger partial charge in [0.25, 0.3) is 0 Å². The van der Waals surface area contributed by atoms with Gasteiger partial charge in [0.2, 0.25) is 0 Å². The number of carbonyl (C=O) groups is 1. The van der Waals surface area contributed by atoms with E-state index in [2.05, 4.69) is 20.6 Å². The Balaban J connectivity index is 2.51. The van der Waals surface area contributed by atoms with Crippen LogP contribution in [0.15, 0.2) is 12.1 Å². The number of carboxylic acid groups (broad SMARTS) is 1. The van der Waals surface area contributed by atoms with Gasteiger partial charge in [0.15, 0.2) is 11.5 Å². The highest BCUT2D eigenvalue weighted by Crippen LogP contribution is 2.06. The van der Waals surface area contributed by atoms with E-state index in [1.807, 2.05) is 0 Å². The molecule has 0 unspecified atom stereocenters. The standard InChI is InChI=1S/C8H9N5O2/c1-9-5-2-3-6-10-11-7(4-8(14)15)13(6)12-5/h2-3H,4H2,1H3,(H,9,12)(H,14,15). The molecule has 2 aromatic rings. The maximum atomic E-state index is 10.5. The predicted octanol–water partition coefficient (Wildman–Crippen LogP) is -0.207. The number of nitrogens with zero attached hydrogens (tertiary/aromatic N) is 4. The summed E-state index contributed by atoms with van der Waals surface area (Å²) in [6.07, 6.45) is -0.193. The lowest BCUT2D eigenvalue weighted by Crippen LogP contribution is -2.07. The first-order valence-corrected chi connectivity index (χ1v) is 4.31. The van der Waals surface area contributed by atoms with Crippen molar-refractivity contribution < 1.29 is 9.90 Å². The highest BCUT2D eigenvalue weighted by Gasteiger charge is 2.10. The van der Waals surface area contributed by atoms with E-state index >= 15 is 0 Å². The zero-order valence-corrected chi connectivity index (χ0v) is 8.01. The zero-order chi connectivity index (χ0) is 10.8. The third kappa shape index (κ3) is 1.71. The smallest absolute Gasteiger partial charge is 0.311 e. The highest BCUT2D eigenvalue weighted by atomic mass is 16.4. The first-order valence-electron chi connectivity index (χ1n) is 4.31. The molecule has 0 aliphatic heterocycles. The third-order valence-corrected chi connectivity index (χ3v) is 1.89. The molecule has 0 aliphatic carbocycles. The summed E-state index contributed by atoms with van der Waals surface area (Å²) in [5, 5.41) is 23.2. The Kier molecular flexibility index (Phi) is 2.20. The minimum Gasteiger partial charge on any atom is -0.481 e. The Labute approximate surface area is 84.7 Å². The Morgan fingerprint density at radius 2 is 2.33 bits per heavy atom. The number of aliphatic carboxylic acids is 1. The summed E-state index contributed by atoms with van der Waals surface area (Å²) in [5.41, 5.74) is 0.533. The molecule has 0 fully saturated rings. The second-order valence-corrected chi connectivity index (χ2v) is 2.93. The first-order chi connectivity index (χ1) is 7.20. The highest BCUT2D eigenvalue weighted by molar-refractivity contribution is 5.69. The van der Waals surface area contributed by atoms with Crippen LogP contribution in [-0.4, -0.2) is 37.9 Å². The van der Waals surface area contributed by atoms with Crippen LogP contribution in [0, 0.1) is 0 Å². The quantitative estimate of drug-likeness (QED) is 0.723. The summed E-state index contributed by atoms with van der Waals surface area (Å²) in [7, 11) is 1.73. The molecule has 2 rings (SSSR count). The van der Waals surface area contributed by atoms with Gasteiger partial charge in [0.05, 0.1) is 0 Å². The van der Waals surface area contributed by atoms with Gasteiger partial charge in [-0.1, -0.05) is 0 Å². The van der Waals surface area contributed by atoms with E-state index in [9.17, 15) is 4.79 Å². The third-order valence-electron chi connectivity index (χ3n) is 1.89. The van der Waals surface area contributed by atoms with E-state index < -0.39 is 5.97 Å². The van der Waals surface area contributed by atoms with Crippen LogP contribution in [0.5, 0.6) is 0 Å². The molecule has 0 aromatic carbocycles. The Bertz CT molecular complexity index is 507. The van der Waals surface area contributed by atoms with Crippen molar-refractivity contribution in [2.24, 2.45) is 0 Å². The van der Waals surface area contributed by atoms with E-state index in [0.717, 1.165) is 0 Å². The largest absolute Gasteiger partial charge is 0.481 e. The summed E-state index contributed by atoms with van der Waals surface area (Å²) in [5.74, 6) is -0.00972. The Morgan fingerprint density at radius 3 is 3.00 bits per heavy atom. The lowest BCUT2D eigenvalue weighted by atomic mass is 10.4. The summed E-state index contributed by atoms with van der Waals surface area (Å²) in [4.78, 5) is 10.5. The average molecular weight is 207 g/mol. The van der Waals surface area contributed by atoms with Gasteiger partial charge >= 0.3 is 5.97 Å². The van der Waals surface area contributed by atoms with Gasteiger partial charge in [-0.05, 0) is 12.1 Å². The molecule has 15 heavy (non-hydrogen) atoms. The zero-order valence-electron chi connectivity index (χ0n) is 8.01. The van der Waals surface area contributed by atoms with Gasteiger partial charge in [0, 0.05) is 7.05 Å². The minimum absolute atomic E-state index is 0.193. The van der Waals surface area contributed by atoms with Crippen molar-refractivity contribution in [3.63, 3.8) is 0 Å². The molecule has 0 aliphatic rings. The average Bonchev–Trinajstić information content (AvgIpc) is 2.60. The lowest BCUT2D eigenvalue weighted by molar-refractivity contribution is -0.136. The summed E-state index contributed by atoms with van der Waals surface area (Å²) < 4.78 is 1.42. The maximum Gasteiger partial charge on any atom is 0.311 e. The number of carboxylic acids is 1. The minimum atomic E-state index is -0.957. The SMILES string of the molecule is CNc1ccc2nnc(CC(=O)O)n2n1. The Hall–Kier alpha value is -2.18. The van der Waals surface area contributed by atoms with Crippen molar-refractivity contribution in [2.75, 3.05) is 12.4 Å². The van der Waals surface area contributed by atoms with Gasteiger partial charge in [-0.2, -0.15) is 4.52 Å². The topological polar surface area (TPSA) is 92.4 Å². The molecule has 0 atom stereocenters. The van der Waals surface area contributed by atoms with Crippen LogP contribution >= 0.6 is 0 Å². The van der Waals surface area contributed by atoms with E-state index in [1.54, 1.807) is 19.2 Å². The Morgan fingerprint density at radius 1 is 1.53 bits per heavy atom. The van der Waals surface area contributed by atoms with E-state index in [1.165, 1.54) is 4.52 Å². The van der Waals surface area contributed by atoms with Crippen molar-refractivity contribution in [3.8, 4) is 0 Å². The molecule has 78 valence electrons. The van der Waals surface area contributed by atoms with Gasteiger partial charge in [-0.25, -0.2) is 0 Å². The lowest BCUT2D eigenvalue weighted by Gasteiger charge is -1.99. The van der Waals surface area contributed by atoms with Gasteiger partial charge in [-0.15, -0.1) is 15.3 Å². The number of hydrogen-bond acceptors (Lipinski definition) is 5. The molecule has 0 saturated heterocycles. The van der Waals surface area contributed by atoms with E-state index in [4.69, 9.17) is 5.11 Å². The van der Waals surface area contributed by atoms with Crippen molar-refractivity contribution in [1.29, 1.82) is 0 Å². The van der Waals surface area contributed by atoms with Crippen LogP contribution in [0.25, 0.3) is 5.65 Å². The van der Waals surface area contributed by atoms with Crippen molar-refractivity contribution in [3.05, 3.63) is 18.0 Å². The first kappa shape index (κ1) is 9.38. The second kappa shape index (κ2) is 3.52. The van der Waals surface area contributed by atoms with Crippen molar-refractivity contribution in [1.82, 2.24) is 19.8 Å². The van der Waals surface area contributed by atoms with Crippen LogP contribution in [0.3, 0.4) is 0 Å². The molecule has 0 bridgehead atoms. The van der Waals surface area contributed by atoms with E-state index in [-0.39, 0.29) is 6.42 Å². The van der Waals surface area contributed by atoms with Crippen LogP contribution < -0.4 is 5.32 Å². The number of nitrogens with one attached hydrogen (secondary N) is 1. The molecular weight excluding hydrogens is 198 g/mol. The van der Waals surface area contributed by atoms with Crippen molar-refractivity contribution >= 4 is 17.4 Å². The summed E-state index contributed by atoms with van der Waals surface area (Å²) in [6.45, 7) is 0. The summed E-state index contributed by atoms with van der Waals surface area (Å²) >= 11 is 0. The molecule has 0 spiro atoms. The normalized spacial score (nSPS) is 10.5. The monoisotopic (exact) mass is 207 g/mol. The molecule has 2 heterocycles. The van der Waals surface area contributed by atoms with Crippen LogP contribution in [0.4, 0.5) is 5.82 Å². The molecule has 0 radical (unpaired) electrons. The second-order valence-electron chi connectivity index (χ2n) is 2.93. The van der Waals surface area contributed by atoms with Gasteiger partial charge < -0.3 is 10.4 Å². The molecule has 7 heteroatoms. The molecule has 2 N–H and O–H groups in total. The molecule has 2 aromatic heterocycles.